The monoisotopic (exact) mass is 383 g/mol. The van der Waals surface area contributed by atoms with Gasteiger partial charge in [0.15, 0.2) is 0 Å². The number of aryl methyl sites for hydroxylation is 1. The van der Waals surface area contributed by atoms with Gasteiger partial charge in [0.25, 0.3) is 0 Å². The third-order valence-electron chi connectivity index (χ3n) is 4.64. The molecule has 0 saturated carbocycles. The molecule has 1 heterocycles. The number of urea groups is 1. The summed E-state index contributed by atoms with van der Waals surface area (Å²) in [5.41, 5.74) is 18.4. The summed E-state index contributed by atoms with van der Waals surface area (Å²) >= 11 is 0. The third kappa shape index (κ3) is 3.96. The van der Waals surface area contributed by atoms with Crippen LogP contribution in [0.4, 0.5) is 16.2 Å². The number of hydrogen-bond donors (Lipinski definition) is 3. The molecule has 4 rings (SSSR count). The summed E-state index contributed by atoms with van der Waals surface area (Å²) in [5, 5.41) is 7.19. The minimum Gasteiger partial charge on any atom is -0.399 e. The Morgan fingerprint density at radius 3 is 2.00 bits per heavy atom. The summed E-state index contributed by atoms with van der Waals surface area (Å²) < 4.78 is 1.89. The van der Waals surface area contributed by atoms with Crippen LogP contribution in [-0.2, 0) is 0 Å². The Labute approximate surface area is 168 Å². The normalized spacial score (nSPS) is 10.7. The van der Waals surface area contributed by atoms with Crippen LogP contribution < -0.4 is 16.8 Å². The lowest BCUT2D eigenvalue weighted by atomic mass is 10.0. The van der Waals surface area contributed by atoms with Crippen molar-refractivity contribution in [2.45, 2.75) is 6.92 Å². The highest BCUT2D eigenvalue weighted by Crippen LogP contribution is 2.28. The molecule has 1 aromatic heterocycles. The minimum atomic E-state index is -0.588. The number of rotatable bonds is 4. The van der Waals surface area contributed by atoms with Gasteiger partial charge in [0, 0.05) is 16.9 Å². The Hall–Kier alpha value is -4.06. The van der Waals surface area contributed by atoms with E-state index in [1.54, 1.807) is 12.1 Å². The summed E-state index contributed by atoms with van der Waals surface area (Å²) in [6.45, 7) is 1.96. The van der Waals surface area contributed by atoms with E-state index in [0.29, 0.717) is 5.69 Å². The Morgan fingerprint density at radius 2 is 1.41 bits per heavy atom. The number of primary amides is 1. The number of benzene rings is 3. The van der Waals surface area contributed by atoms with E-state index in [2.05, 4.69) is 34.7 Å². The number of hydrogen-bond acceptors (Lipinski definition) is 3. The molecule has 0 saturated heterocycles. The molecule has 0 spiro atoms. The fourth-order valence-electron chi connectivity index (χ4n) is 3.24. The minimum absolute atomic E-state index is 0.588. The first kappa shape index (κ1) is 18.3. The smallest absolute Gasteiger partial charge is 0.316 e. The molecule has 2 amide bonds. The average molecular weight is 383 g/mol. The van der Waals surface area contributed by atoms with Crippen molar-refractivity contribution in [2.24, 2.45) is 5.73 Å². The van der Waals surface area contributed by atoms with E-state index < -0.39 is 6.03 Å². The summed E-state index contributed by atoms with van der Waals surface area (Å²) in [5.74, 6) is 0. The lowest BCUT2D eigenvalue weighted by Gasteiger charge is -2.10. The number of nitrogens with one attached hydrogen (secondary N) is 1. The number of amides is 2. The molecule has 0 fully saturated rings. The topological polar surface area (TPSA) is 99.0 Å². The van der Waals surface area contributed by atoms with Crippen LogP contribution in [0.25, 0.3) is 28.1 Å². The summed E-state index contributed by atoms with van der Waals surface area (Å²) in [6, 6.07) is 25.0. The molecule has 0 aliphatic carbocycles. The lowest BCUT2D eigenvalue weighted by molar-refractivity contribution is 0.259. The van der Waals surface area contributed by atoms with Gasteiger partial charge in [-0.05, 0) is 60.5 Å². The Morgan fingerprint density at radius 1 is 0.862 bits per heavy atom. The average Bonchev–Trinajstić information content (AvgIpc) is 3.10. The van der Waals surface area contributed by atoms with Gasteiger partial charge in [-0.1, -0.05) is 36.4 Å². The lowest BCUT2D eigenvalue weighted by Crippen LogP contribution is -2.19. The molecule has 0 aliphatic rings. The van der Waals surface area contributed by atoms with Gasteiger partial charge >= 0.3 is 6.03 Å². The van der Waals surface area contributed by atoms with Crippen molar-refractivity contribution in [3.05, 3.63) is 84.6 Å². The molecule has 29 heavy (non-hydrogen) atoms. The van der Waals surface area contributed by atoms with E-state index in [1.165, 1.54) is 0 Å². The van der Waals surface area contributed by atoms with Crippen molar-refractivity contribution >= 4 is 17.4 Å². The maximum absolute atomic E-state index is 11.0. The van der Waals surface area contributed by atoms with Crippen LogP contribution >= 0.6 is 0 Å². The highest BCUT2D eigenvalue weighted by molar-refractivity contribution is 5.87. The van der Waals surface area contributed by atoms with Gasteiger partial charge in [-0.25, -0.2) is 9.48 Å². The first-order valence-electron chi connectivity index (χ1n) is 9.19. The predicted octanol–water partition coefficient (Wildman–Crippen LogP) is 4.59. The van der Waals surface area contributed by atoms with Crippen molar-refractivity contribution in [3.8, 4) is 28.1 Å². The first-order valence-corrected chi connectivity index (χ1v) is 9.19. The van der Waals surface area contributed by atoms with Gasteiger partial charge in [-0.2, -0.15) is 5.10 Å². The fraction of sp³-hybridized carbons (Fsp3) is 0.0435. The van der Waals surface area contributed by atoms with E-state index in [0.717, 1.165) is 39.5 Å². The summed E-state index contributed by atoms with van der Waals surface area (Å²) in [7, 11) is 0. The maximum atomic E-state index is 11.0. The van der Waals surface area contributed by atoms with Crippen molar-refractivity contribution in [3.63, 3.8) is 0 Å². The summed E-state index contributed by atoms with van der Waals surface area (Å²) in [6.07, 6.45) is 0. The molecule has 5 N–H and O–H groups in total. The van der Waals surface area contributed by atoms with Gasteiger partial charge in [0.2, 0.25) is 0 Å². The van der Waals surface area contributed by atoms with Crippen molar-refractivity contribution in [1.82, 2.24) is 9.78 Å². The second-order valence-corrected chi connectivity index (χ2v) is 6.82. The van der Waals surface area contributed by atoms with Gasteiger partial charge in [-0.3, -0.25) is 0 Å². The van der Waals surface area contributed by atoms with Crippen molar-refractivity contribution < 1.29 is 4.79 Å². The van der Waals surface area contributed by atoms with Crippen LogP contribution in [0, 0.1) is 6.92 Å². The zero-order chi connectivity index (χ0) is 20.4. The standard InChI is InChI=1S/C23H21N5O/c1-15-14-22(28(27-15)21-12-10-20(11-13-21)26-23(25)29)18-4-2-16(3-5-18)17-6-8-19(24)9-7-17/h2-14H,24H2,1H3,(H3,25,26,29). The van der Waals surface area contributed by atoms with Gasteiger partial charge in [0.05, 0.1) is 17.1 Å². The molecule has 0 atom stereocenters. The van der Waals surface area contributed by atoms with Crippen LogP contribution in [0.15, 0.2) is 78.9 Å². The highest BCUT2D eigenvalue weighted by Gasteiger charge is 2.11. The third-order valence-corrected chi connectivity index (χ3v) is 4.64. The fourth-order valence-corrected chi connectivity index (χ4v) is 3.24. The number of nitrogens with two attached hydrogens (primary N) is 2. The molecule has 6 nitrogen and oxygen atoms in total. The quantitative estimate of drug-likeness (QED) is 0.450. The van der Waals surface area contributed by atoms with Crippen LogP contribution in [-0.4, -0.2) is 15.8 Å². The second-order valence-electron chi connectivity index (χ2n) is 6.82. The Balaban J connectivity index is 1.66. The zero-order valence-corrected chi connectivity index (χ0v) is 16.0. The molecular weight excluding hydrogens is 362 g/mol. The molecule has 0 bridgehead atoms. The molecule has 0 unspecified atom stereocenters. The van der Waals surface area contributed by atoms with Gasteiger partial charge in [0.1, 0.15) is 0 Å². The molecular formula is C23H21N5O. The maximum Gasteiger partial charge on any atom is 0.316 e. The second kappa shape index (κ2) is 7.52. The Kier molecular flexibility index (Phi) is 4.75. The number of carbonyl (C=O) groups is 1. The van der Waals surface area contributed by atoms with Crippen LogP contribution in [0.5, 0.6) is 0 Å². The SMILES string of the molecule is Cc1cc(-c2ccc(-c3ccc(N)cc3)cc2)n(-c2ccc(NC(N)=O)cc2)n1. The van der Waals surface area contributed by atoms with Crippen molar-refractivity contribution in [1.29, 1.82) is 0 Å². The van der Waals surface area contributed by atoms with Crippen LogP contribution in [0.2, 0.25) is 0 Å². The Bertz CT molecular complexity index is 1140. The number of aromatic nitrogens is 2. The molecule has 0 radical (unpaired) electrons. The first-order chi connectivity index (χ1) is 14.0. The number of anilines is 2. The van der Waals surface area contributed by atoms with Gasteiger partial charge < -0.3 is 16.8 Å². The molecule has 6 heteroatoms. The van der Waals surface area contributed by atoms with Crippen LogP contribution in [0.3, 0.4) is 0 Å². The molecule has 144 valence electrons. The molecule has 4 aromatic rings. The highest BCUT2D eigenvalue weighted by atomic mass is 16.2. The zero-order valence-electron chi connectivity index (χ0n) is 16.0. The largest absolute Gasteiger partial charge is 0.399 e. The van der Waals surface area contributed by atoms with E-state index in [1.807, 2.05) is 54.1 Å². The van der Waals surface area contributed by atoms with Crippen LogP contribution in [0.1, 0.15) is 5.69 Å². The molecule has 0 aliphatic heterocycles. The van der Waals surface area contributed by atoms with Gasteiger partial charge in [-0.15, -0.1) is 0 Å². The van der Waals surface area contributed by atoms with E-state index in [4.69, 9.17) is 11.5 Å². The molecule has 3 aromatic carbocycles. The van der Waals surface area contributed by atoms with Crippen molar-refractivity contribution in [2.75, 3.05) is 11.1 Å². The van der Waals surface area contributed by atoms with E-state index in [-0.39, 0.29) is 0 Å². The predicted molar refractivity (Wildman–Crippen MR) is 117 cm³/mol. The summed E-state index contributed by atoms with van der Waals surface area (Å²) in [4.78, 5) is 11.0. The number of nitrogen functional groups attached to an aromatic ring is 1. The number of nitrogens with zero attached hydrogens (tertiary/aromatic N) is 2. The van der Waals surface area contributed by atoms with E-state index in [9.17, 15) is 4.79 Å². The number of carbonyl (C=O) groups excluding carboxylic acids is 1. The van der Waals surface area contributed by atoms with E-state index >= 15 is 0 Å².